The standard InChI is InChI=1S/C12H21N3O/c1-14(2)7-5-12-13-8-11-10(9-16)4-3-6-15(11)12/h8,10,16H,3-7,9H2,1-2H3. The number of fused-ring (bicyclic) bond motifs is 1. The average molecular weight is 223 g/mol. The Bertz CT molecular complexity index is 346. The molecule has 4 heteroatoms. The van der Waals surface area contributed by atoms with Gasteiger partial charge in [-0.25, -0.2) is 4.98 Å². The Morgan fingerprint density at radius 1 is 1.56 bits per heavy atom. The number of likely N-dealkylation sites (N-methyl/N-ethyl adjacent to an activating group) is 1. The molecule has 0 saturated heterocycles. The zero-order chi connectivity index (χ0) is 11.5. The van der Waals surface area contributed by atoms with Crippen molar-refractivity contribution in [3.63, 3.8) is 0 Å². The monoisotopic (exact) mass is 223 g/mol. The number of nitrogens with zero attached hydrogens (tertiary/aromatic N) is 3. The first-order valence-electron chi connectivity index (χ1n) is 6.02. The van der Waals surface area contributed by atoms with Crippen molar-refractivity contribution in [1.29, 1.82) is 0 Å². The molecule has 2 heterocycles. The fourth-order valence-electron chi connectivity index (χ4n) is 2.36. The van der Waals surface area contributed by atoms with Crippen LogP contribution in [0.3, 0.4) is 0 Å². The van der Waals surface area contributed by atoms with Crippen molar-refractivity contribution in [1.82, 2.24) is 14.5 Å². The maximum Gasteiger partial charge on any atom is 0.110 e. The summed E-state index contributed by atoms with van der Waals surface area (Å²) in [5, 5.41) is 9.32. The van der Waals surface area contributed by atoms with Crippen LogP contribution in [0.15, 0.2) is 6.20 Å². The van der Waals surface area contributed by atoms with Crippen molar-refractivity contribution in [3.05, 3.63) is 17.7 Å². The molecule has 1 unspecified atom stereocenters. The first-order chi connectivity index (χ1) is 7.72. The predicted octanol–water partition coefficient (Wildman–Crippen LogP) is 0.857. The van der Waals surface area contributed by atoms with Crippen molar-refractivity contribution in [2.45, 2.75) is 31.7 Å². The van der Waals surface area contributed by atoms with Crippen LogP contribution in [0.4, 0.5) is 0 Å². The minimum absolute atomic E-state index is 0.249. The van der Waals surface area contributed by atoms with E-state index in [0.29, 0.717) is 5.92 Å². The van der Waals surface area contributed by atoms with Gasteiger partial charge in [0, 0.05) is 37.3 Å². The Morgan fingerprint density at radius 2 is 2.38 bits per heavy atom. The van der Waals surface area contributed by atoms with E-state index in [9.17, 15) is 5.11 Å². The highest BCUT2D eigenvalue weighted by molar-refractivity contribution is 5.13. The molecule has 0 amide bonds. The third-order valence-electron chi connectivity index (χ3n) is 3.32. The Morgan fingerprint density at radius 3 is 3.06 bits per heavy atom. The first-order valence-corrected chi connectivity index (χ1v) is 6.02. The van der Waals surface area contributed by atoms with Gasteiger partial charge in [0.15, 0.2) is 0 Å². The third kappa shape index (κ3) is 2.28. The topological polar surface area (TPSA) is 41.3 Å². The molecule has 16 heavy (non-hydrogen) atoms. The van der Waals surface area contributed by atoms with Gasteiger partial charge in [-0.1, -0.05) is 0 Å². The maximum atomic E-state index is 9.32. The van der Waals surface area contributed by atoms with Gasteiger partial charge in [0.25, 0.3) is 0 Å². The lowest BCUT2D eigenvalue weighted by Crippen LogP contribution is -2.22. The first kappa shape index (κ1) is 11.6. The van der Waals surface area contributed by atoms with Crippen LogP contribution in [0.1, 0.15) is 30.3 Å². The quantitative estimate of drug-likeness (QED) is 0.823. The molecule has 0 saturated carbocycles. The minimum Gasteiger partial charge on any atom is -0.396 e. The summed E-state index contributed by atoms with van der Waals surface area (Å²) in [5.74, 6) is 1.47. The SMILES string of the molecule is CN(C)CCc1ncc2n1CCCC2CO. The van der Waals surface area contributed by atoms with E-state index < -0.39 is 0 Å². The van der Waals surface area contributed by atoms with E-state index in [1.165, 1.54) is 11.5 Å². The number of imidazole rings is 1. The molecule has 2 rings (SSSR count). The summed E-state index contributed by atoms with van der Waals surface area (Å²) in [6, 6.07) is 0. The van der Waals surface area contributed by atoms with Crippen LogP contribution in [-0.4, -0.2) is 46.8 Å². The van der Waals surface area contributed by atoms with E-state index in [1.807, 2.05) is 6.20 Å². The maximum absolute atomic E-state index is 9.32. The smallest absolute Gasteiger partial charge is 0.110 e. The Labute approximate surface area is 96.9 Å². The highest BCUT2D eigenvalue weighted by Crippen LogP contribution is 2.27. The lowest BCUT2D eigenvalue weighted by molar-refractivity contribution is 0.240. The van der Waals surface area contributed by atoms with E-state index in [1.54, 1.807) is 0 Å². The van der Waals surface area contributed by atoms with Gasteiger partial charge in [-0.2, -0.15) is 0 Å². The van der Waals surface area contributed by atoms with Gasteiger partial charge in [0.05, 0.1) is 6.61 Å². The molecule has 0 aliphatic carbocycles. The molecule has 1 aliphatic heterocycles. The van der Waals surface area contributed by atoms with Crippen molar-refractivity contribution >= 4 is 0 Å². The molecule has 1 N–H and O–H groups in total. The fraction of sp³-hybridized carbons (Fsp3) is 0.750. The van der Waals surface area contributed by atoms with Crippen LogP contribution in [-0.2, 0) is 13.0 Å². The summed E-state index contributed by atoms with van der Waals surface area (Å²) in [6.45, 7) is 2.34. The van der Waals surface area contributed by atoms with Crippen LogP contribution < -0.4 is 0 Å². The van der Waals surface area contributed by atoms with Crippen LogP contribution >= 0.6 is 0 Å². The van der Waals surface area contributed by atoms with Gasteiger partial charge in [-0.15, -0.1) is 0 Å². The second-order valence-electron chi connectivity index (χ2n) is 4.83. The van der Waals surface area contributed by atoms with Crippen LogP contribution in [0, 0.1) is 0 Å². The summed E-state index contributed by atoms with van der Waals surface area (Å²) >= 11 is 0. The lowest BCUT2D eigenvalue weighted by Gasteiger charge is -2.24. The zero-order valence-corrected chi connectivity index (χ0v) is 10.2. The van der Waals surface area contributed by atoms with Crippen LogP contribution in [0.2, 0.25) is 0 Å². The second kappa shape index (κ2) is 4.97. The number of aliphatic hydroxyl groups is 1. The Balaban J connectivity index is 2.13. The fourth-order valence-corrected chi connectivity index (χ4v) is 2.36. The number of aromatic nitrogens is 2. The molecule has 0 aromatic carbocycles. The molecule has 1 atom stereocenters. The molecule has 90 valence electrons. The normalized spacial score (nSPS) is 20.1. The lowest BCUT2D eigenvalue weighted by atomic mass is 9.97. The summed E-state index contributed by atoms with van der Waals surface area (Å²) in [5.41, 5.74) is 1.22. The van der Waals surface area contributed by atoms with E-state index in [4.69, 9.17) is 0 Å². The molecule has 1 aliphatic rings. The van der Waals surface area contributed by atoms with Crippen molar-refractivity contribution in [3.8, 4) is 0 Å². The molecular weight excluding hydrogens is 202 g/mol. The number of hydrogen-bond donors (Lipinski definition) is 1. The summed E-state index contributed by atoms with van der Waals surface area (Å²) in [7, 11) is 4.16. The molecule has 4 nitrogen and oxygen atoms in total. The molecule has 1 aromatic heterocycles. The highest BCUT2D eigenvalue weighted by Gasteiger charge is 2.22. The largest absolute Gasteiger partial charge is 0.396 e. The molecule has 0 fully saturated rings. The van der Waals surface area contributed by atoms with Crippen molar-refractivity contribution < 1.29 is 5.11 Å². The van der Waals surface area contributed by atoms with Gasteiger partial charge < -0.3 is 14.6 Å². The Kier molecular flexibility index (Phi) is 3.61. The second-order valence-corrected chi connectivity index (χ2v) is 4.83. The van der Waals surface area contributed by atoms with Crippen molar-refractivity contribution in [2.24, 2.45) is 0 Å². The summed E-state index contributed by atoms with van der Waals surface area (Å²) in [4.78, 5) is 6.67. The molecular formula is C12H21N3O. The Hall–Kier alpha value is -0.870. The number of aliphatic hydroxyl groups excluding tert-OH is 1. The van der Waals surface area contributed by atoms with Gasteiger partial charge in [0.2, 0.25) is 0 Å². The molecule has 0 bridgehead atoms. The van der Waals surface area contributed by atoms with E-state index in [0.717, 1.165) is 32.4 Å². The van der Waals surface area contributed by atoms with E-state index >= 15 is 0 Å². The average Bonchev–Trinajstić information content (AvgIpc) is 2.69. The molecule has 0 radical (unpaired) electrons. The van der Waals surface area contributed by atoms with Crippen LogP contribution in [0.25, 0.3) is 0 Å². The van der Waals surface area contributed by atoms with Gasteiger partial charge >= 0.3 is 0 Å². The zero-order valence-electron chi connectivity index (χ0n) is 10.2. The third-order valence-corrected chi connectivity index (χ3v) is 3.32. The van der Waals surface area contributed by atoms with Gasteiger partial charge in [-0.3, -0.25) is 0 Å². The predicted molar refractivity (Wildman–Crippen MR) is 63.5 cm³/mol. The summed E-state index contributed by atoms with van der Waals surface area (Å²) in [6.07, 6.45) is 5.19. The molecule has 1 aromatic rings. The van der Waals surface area contributed by atoms with Gasteiger partial charge in [-0.05, 0) is 26.9 Å². The van der Waals surface area contributed by atoms with Gasteiger partial charge in [0.1, 0.15) is 5.82 Å². The van der Waals surface area contributed by atoms with Crippen LogP contribution in [0.5, 0.6) is 0 Å². The number of rotatable bonds is 4. The highest BCUT2D eigenvalue weighted by atomic mass is 16.3. The minimum atomic E-state index is 0.249. The van der Waals surface area contributed by atoms with Crippen molar-refractivity contribution in [2.75, 3.05) is 27.2 Å². The molecule has 0 spiro atoms. The van der Waals surface area contributed by atoms with E-state index in [-0.39, 0.29) is 6.61 Å². The summed E-state index contributed by atoms with van der Waals surface area (Å²) < 4.78 is 2.30. The number of hydrogen-bond acceptors (Lipinski definition) is 3. The van der Waals surface area contributed by atoms with E-state index in [2.05, 4.69) is 28.5 Å².